The number of anilines is 1. The van der Waals surface area contributed by atoms with E-state index < -0.39 is 23.4 Å². The number of amides is 1. The van der Waals surface area contributed by atoms with Crippen LogP contribution in [0, 0.1) is 0 Å². The molecule has 148 valence electrons. The predicted molar refractivity (Wildman–Crippen MR) is 107 cm³/mol. The third-order valence-corrected chi connectivity index (χ3v) is 5.87. The molecule has 1 atom stereocenters. The average Bonchev–Trinajstić information content (AvgIpc) is 3.29. The normalized spacial score (nSPS) is 18.2. The first-order valence-electron chi connectivity index (χ1n) is 8.93. The number of hydrogen-bond donors (Lipinski definition) is 0. The number of nitrogens with zero attached hydrogens (tertiary/aromatic N) is 1. The molecule has 1 aromatic heterocycles. The van der Waals surface area contributed by atoms with Crippen LogP contribution < -0.4 is 4.90 Å². The molecular formula is C20H20ClNO5S. The van der Waals surface area contributed by atoms with Gasteiger partial charge in [-0.3, -0.25) is 9.69 Å². The number of carbonyl (C=O) groups is 3. The van der Waals surface area contributed by atoms with E-state index in [-0.39, 0.29) is 25.5 Å². The van der Waals surface area contributed by atoms with Crippen LogP contribution in [0.3, 0.4) is 0 Å². The maximum atomic E-state index is 13.2. The van der Waals surface area contributed by atoms with Crippen molar-refractivity contribution in [2.45, 2.75) is 31.7 Å². The van der Waals surface area contributed by atoms with E-state index in [0.29, 0.717) is 10.7 Å². The largest absolute Gasteiger partial charge is 0.464 e. The Hall–Kier alpha value is -2.38. The lowest BCUT2D eigenvalue weighted by atomic mass is 9.83. The number of rotatable bonds is 6. The molecule has 1 unspecified atom stereocenters. The molecule has 1 aliphatic heterocycles. The van der Waals surface area contributed by atoms with Crippen molar-refractivity contribution >= 4 is 46.5 Å². The standard InChI is InChI=1S/C20H20ClNO5S/c1-3-26-18(24)20(19(25)27-4-2)15(16-6-5-11-28-16)12-17(23)22(20)14-9-7-13(21)8-10-14/h5-11,15H,3-4,12H2,1-2H3. The molecule has 6 nitrogen and oxygen atoms in total. The maximum absolute atomic E-state index is 13.2. The van der Waals surface area contributed by atoms with E-state index in [9.17, 15) is 14.4 Å². The van der Waals surface area contributed by atoms with Gasteiger partial charge in [-0.2, -0.15) is 0 Å². The van der Waals surface area contributed by atoms with Crippen LogP contribution >= 0.6 is 22.9 Å². The molecule has 0 radical (unpaired) electrons. The summed E-state index contributed by atoms with van der Waals surface area (Å²) in [5, 5.41) is 2.31. The van der Waals surface area contributed by atoms with E-state index in [0.717, 1.165) is 4.88 Å². The van der Waals surface area contributed by atoms with Crippen molar-refractivity contribution in [3.63, 3.8) is 0 Å². The van der Waals surface area contributed by atoms with E-state index >= 15 is 0 Å². The topological polar surface area (TPSA) is 72.9 Å². The first kappa shape index (κ1) is 20.4. The van der Waals surface area contributed by atoms with Gasteiger partial charge in [0, 0.05) is 27.9 Å². The summed E-state index contributed by atoms with van der Waals surface area (Å²) in [5.74, 6) is -2.67. The molecule has 0 N–H and O–H groups in total. The van der Waals surface area contributed by atoms with E-state index in [4.69, 9.17) is 21.1 Å². The Labute approximate surface area is 172 Å². The van der Waals surface area contributed by atoms with Gasteiger partial charge >= 0.3 is 11.9 Å². The molecule has 1 saturated heterocycles. The molecule has 1 fully saturated rings. The van der Waals surface area contributed by atoms with E-state index in [2.05, 4.69) is 0 Å². The Balaban J connectivity index is 2.25. The van der Waals surface area contributed by atoms with Gasteiger partial charge in [-0.05, 0) is 49.6 Å². The summed E-state index contributed by atoms with van der Waals surface area (Å²) in [6, 6.07) is 10.0. The summed E-state index contributed by atoms with van der Waals surface area (Å²) in [7, 11) is 0. The van der Waals surface area contributed by atoms with Gasteiger partial charge in [0.25, 0.3) is 5.54 Å². The quantitative estimate of drug-likeness (QED) is 0.524. The van der Waals surface area contributed by atoms with Crippen molar-refractivity contribution in [2.75, 3.05) is 18.1 Å². The molecule has 0 saturated carbocycles. The lowest BCUT2D eigenvalue weighted by molar-refractivity contribution is -0.164. The van der Waals surface area contributed by atoms with Gasteiger partial charge in [-0.25, -0.2) is 9.59 Å². The Morgan fingerprint density at radius 2 is 1.75 bits per heavy atom. The fourth-order valence-electron chi connectivity index (χ4n) is 3.53. The molecular weight excluding hydrogens is 402 g/mol. The minimum Gasteiger partial charge on any atom is -0.464 e. The summed E-state index contributed by atoms with van der Waals surface area (Å²) >= 11 is 7.35. The van der Waals surface area contributed by atoms with Gasteiger partial charge < -0.3 is 9.47 Å². The van der Waals surface area contributed by atoms with Gasteiger partial charge in [0.2, 0.25) is 5.91 Å². The fraction of sp³-hybridized carbons (Fsp3) is 0.350. The molecule has 2 heterocycles. The van der Waals surface area contributed by atoms with Gasteiger partial charge in [0.05, 0.1) is 13.2 Å². The maximum Gasteiger partial charge on any atom is 0.344 e. The van der Waals surface area contributed by atoms with Crippen LogP contribution in [0.2, 0.25) is 5.02 Å². The molecule has 3 rings (SSSR count). The third kappa shape index (κ3) is 3.29. The molecule has 28 heavy (non-hydrogen) atoms. The van der Waals surface area contributed by atoms with Gasteiger partial charge in [0.1, 0.15) is 0 Å². The van der Waals surface area contributed by atoms with Crippen LogP contribution in [0.1, 0.15) is 31.1 Å². The van der Waals surface area contributed by atoms with Crippen molar-refractivity contribution in [1.82, 2.24) is 0 Å². The number of benzene rings is 1. The second kappa shape index (κ2) is 8.32. The Morgan fingerprint density at radius 1 is 1.14 bits per heavy atom. The van der Waals surface area contributed by atoms with Crippen LogP contribution in [-0.4, -0.2) is 36.6 Å². The fourth-order valence-corrected chi connectivity index (χ4v) is 4.55. The second-order valence-corrected chi connectivity index (χ2v) is 7.60. The number of ether oxygens (including phenoxy) is 2. The zero-order valence-electron chi connectivity index (χ0n) is 15.5. The van der Waals surface area contributed by atoms with Crippen molar-refractivity contribution in [2.24, 2.45) is 0 Å². The van der Waals surface area contributed by atoms with E-state index in [1.54, 1.807) is 44.2 Å². The van der Waals surface area contributed by atoms with Crippen molar-refractivity contribution in [1.29, 1.82) is 0 Å². The Morgan fingerprint density at radius 3 is 2.25 bits per heavy atom. The Bertz CT molecular complexity index is 847. The lowest BCUT2D eigenvalue weighted by Gasteiger charge is -2.37. The molecule has 1 aromatic carbocycles. The highest BCUT2D eigenvalue weighted by atomic mass is 35.5. The molecule has 2 aromatic rings. The smallest absolute Gasteiger partial charge is 0.344 e. The predicted octanol–water partition coefficient (Wildman–Crippen LogP) is 3.79. The highest BCUT2D eigenvalue weighted by molar-refractivity contribution is 7.10. The zero-order chi connectivity index (χ0) is 20.3. The molecule has 0 bridgehead atoms. The monoisotopic (exact) mass is 421 g/mol. The van der Waals surface area contributed by atoms with E-state index in [1.807, 2.05) is 11.4 Å². The second-order valence-electron chi connectivity index (χ2n) is 6.19. The zero-order valence-corrected chi connectivity index (χ0v) is 17.1. The van der Waals surface area contributed by atoms with Crippen LogP contribution in [-0.2, 0) is 23.9 Å². The Kier molecular flexibility index (Phi) is 6.05. The highest BCUT2D eigenvalue weighted by Crippen LogP contribution is 2.48. The molecule has 1 amide bonds. The van der Waals surface area contributed by atoms with Gasteiger partial charge in [-0.1, -0.05) is 17.7 Å². The average molecular weight is 422 g/mol. The summed E-state index contributed by atoms with van der Waals surface area (Å²) < 4.78 is 10.6. The highest BCUT2D eigenvalue weighted by Gasteiger charge is 2.66. The molecule has 0 spiro atoms. The summed E-state index contributed by atoms with van der Waals surface area (Å²) in [5.41, 5.74) is -1.54. The molecule has 0 aliphatic carbocycles. The summed E-state index contributed by atoms with van der Waals surface area (Å²) in [6.45, 7) is 3.44. The minimum absolute atomic E-state index is 0.0131. The number of thiophene rings is 1. The molecule has 8 heteroatoms. The summed E-state index contributed by atoms with van der Waals surface area (Å²) in [4.78, 5) is 41.5. The van der Waals surface area contributed by atoms with E-state index in [1.165, 1.54) is 16.2 Å². The number of carbonyl (C=O) groups excluding carboxylic acids is 3. The van der Waals surface area contributed by atoms with Gasteiger partial charge in [-0.15, -0.1) is 11.3 Å². The molecule has 1 aliphatic rings. The first-order valence-corrected chi connectivity index (χ1v) is 10.2. The van der Waals surface area contributed by atoms with Gasteiger partial charge in [0.15, 0.2) is 0 Å². The lowest BCUT2D eigenvalue weighted by Crippen LogP contribution is -2.62. The summed E-state index contributed by atoms with van der Waals surface area (Å²) in [6.07, 6.45) is -0.0131. The van der Waals surface area contributed by atoms with Crippen LogP contribution in [0.15, 0.2) is 41.8 Å². The number of hydrogen-bond acceptors (Lipinski definition) is 6. The van der Waals surface area contributed by atoms with Crippen molar-refractivity contribution in [3.8, 4) is 0 Å². The SMILES string of the molecule is CCOC(=O)C1(C(=O)OCC)C(c2cccs2)CC(=O)N1c1ccc(Cl)cc1. The first-order chi connectivity index (χ1) is 13.5. The number of esters is 2. The van der Waals surface area contributed by atoms with Crippen LogP contribution in [0.5, 0.6) is 0 Å². The van der Waals surface area contributed by atoms with Crippen molar-refractivity contribution in [3.05, 3.63) is 51.7 Å². The van der Waals surface area contributed by atoms with Crippen LogP contribution in [0.25, 0.3) is 0 Å². The van der Waals surface area contributed by atoms with Crippen LogP contribution in [0.4, 0.5) is 5.69 Å². The number of halogens is 1. The van der Waals surface area contributed by atoms with Crippen molar-refractivity contribution < 1.29 is 23.9 Å². The minimum atomic E-state index is -1.93. The third-order valence-electron chi connectivity index (χ3n) is 4.63.